The molecule has 1 aliphatic rings. The van der Waals surface area contributed by atoms with Crippen LogP contribution < -0.4 is 5.32 Å². The maximum Gasteiger partial charge on any atom is 0.0434 e. The summed E-state index contributed by atoms with van der Waals surface area (Å²) in [6.45, 7) is 5.97. The van der Waals surface area contributed by atoms with E-state index < -0.39 is 0 Å². The normalized spacial score (nSPS) is 26.7. The van der Waals surface area contributed by atoms with Crippen LogP contribution in [0.4, 0.5) is 0 Å². The number of aliphatic hydroxyl groups excluding tert-OH is 1. The Bertz CT molecular complexity index is 110. The Balaban J connectivity index is 2.31. The second kappa shape index (κ2) is 4.07. The molecule has 1 heterocycles. The molecule has 66 valence electrons. The first-order chi connectivity index (χ1) is 5.25. The minimum atomic E-state index is 0.334. The van der Waals surface area contributed by atoms with Crippen molar-refractivity contribution in [3.63, 3.8) is 0 Å². The van der Waals surface area contributed by atoms with Crippen LogP contribution in [0.2, 0.25) is 0 Å². The van der Waals surface area contributed by atoms with Crippen LogP contribution in [-0.2, 0) is 0 Å². The average Bonchev–Trinajstić information content (AvgIpc) is 1.82. The quantitative estimate of drug-likeness (QED) is 0.638. The van der Waals surface area contributed by atoms with E-state index in [9.17, 15) is 0 Å². The molecule has 0 aromatic heterocycles. The molecule has 1 aliphatic heterocycles. The molecular formula is C9H19NO. The van der Waals surface area contributed by atoms with Crippen LogP contribution in [0.15, 0.2) is 0 Å². The largest absolute Gasteiger partial charge is 0.396 e. The van der Waals surface area contributed by atoms with Crippen molar-refractivity contribution in [2.24, 2.45) is 11.8 Å². The highest BCUT2D eigenvalue weighted by Gasteiger charge is 2.27. The summed E-state index contributed by atoms with van der Waals surface area (Å²) in [4.78, 5) is 0. The average molecular weight is 157 g/mol. The molecule has 2 unspecified atom stereocenters. The van der Waals surface area contributed by atoms with Crippen molar-refractivity contribution in [2.75, 3.05) is 13.2 Å². The van der Waals surface area contributed by atoms with Gasteiger partial charge in [-0.15, -0.1) is 0 Å². The van der Waals surface area contributed by atoms with E-state index in [4.69, 9.17) is 5.11 Å². The molecule has 0 aromatic carbocycles. The SMILES string of the molecule is CC(C)C(CCO)C1CCN1. The molecular weight excluding hydrogens is 138 g/mol. The van der Waals surface area contributed by atoms with Crippen molar-refractivity contribution in [3.8, 4) is 0 Å². The van der Waals surface area contributed by atoms with Crippen LogP contribution in [0.25, 0.3) is 0 Å². The van der Waals surface area contributed by atoms with Crippen LogP contribution in [0.1, 0.15) is 26.7 Å². The summed E-state index contributed by atoms with van der Waals surface area (Å²) in [6.07, 6.45) is 2.25. The van der Waals surface area contributed by atoms with Gasteiger partial charge in [-0.1, -0.05) is 13.8 Å². The van der Waals surface area contributed by atoms with Gasteiger partial charge in [0.2, 0.25) is 0 Å². The fraction of sp³-hybridized carbons (Fsp3) is 1.00. The third-order valence-corrected chi connectivity index (χ3v) is 2.70. The van der Waals surface area contributed by atoms with Crippen LogP contribution in [0, 0.1) is 11.8 Å². The summed E-state index contributed by atoms with van der Waals surface area (Å²) in [7, 11) is 0. The van der Waals surface area contributed by atoms with E-state index in [1.807, 2.05) is 0 Å². The van der Waals surface area contributed by atoms with Crippen molar-refractivity contribution in [2.45, 2.75) is 32.7 Å². The molecule has 1 rings (SSSR count). The topological polar surface area (TPSA) is 32.3 Å². The summed E-state index contributed by atoms with van der Waals surface area (Å²) in [5.41, 5.74) is 0. The van der Waals surface area contributed by atoms with Gasteiger partial charge in [0.1, 0.15) is 0 Å². The van der Waals surface area contributed by atoms with E-state index in [1.54, 1.807) is 0 Å². The highest BCUT2D eigenvalue weighted by Crippen LogP contribution is 2.24. The highest BCUT2D eigenvalue weighted by molar-refractivity contribution is 4.85. The van der Waals surface area contributed by atoms with E-state index in [1.165, 1.54) is 13.0 Å². The molecule has 0 amide bonds. The molecule has 1 fully saturated rings. The maximum atomic E-state index is 8.83. The zero-order chi connectivity index (χ0) is 8.27. The van der Waals surface area contributed by atoms with Crippen molar-refractivity contribution < 1.29 is 5.11 Å². The zero-order valence-electron chi connectivity index (χ0n) is 7.51. The van der Waals surface area contributed by atoms with Gasteiger partial charge in [0.15, 0.2) is 0 Å². The minimum Gasteiger partial charge on any atom is -0.396 e. The van der Waals surface area contributed by atoms with Crippen molar-refractivity contribution in [1.82, 2.24) is 5.32 Å². The Morgan fingerprint density at radius 1 is 1.55 bits per heavy atom. The lowest BCUT2D eigenvalue weighted by atomic mass is 9.81. The molecule has 0 bridgehead atoms. The minimum absolute atomic E-state index is 0.334. The monoisotopic (exact) mass is 157 g/mol. The lowest BCUT2D eigenvalue weighted by molar-refractivity contribution is 0.158. The Labute approximate surface area is 69.0 Å². The van der Waals surface area contributed by atoms with Crippen LogP contribution in [0.3, 0.4) is 0 Å². The standard InChI is InChI=1S/C9H19NO/c1-7(2)8(4-6-11)9-3-5-10-9/h7-11H,3-6H2,1-2H3. The highest BCUT2D eigenvalue weighted by atomic mass is 16.3. The van der Waals surface area contributed by atoms with Crippen molar-refractivity contribution in [1.29, 1.82) is 0 Å². The molecule has 0 saturated carbocycles. The van der Waals surface area contributed by atoms with Crippen LogP contribution in [-0.4, -0.2) is 24.3 Å². The number of hydrogen-bond acceptors (Lipinski definition) is 2. The third-order valence-electron chi connectivity index (χ3n) is 2.70. The number of aliphatic hydroxyl groups is 1. The van der Waals surface area contributed by atoms with Crippen LogP contribution >= 0.6 is 0 Å². The molecule has 0 aliphatic carbocycles. The molecule has 2 nitrogen and oxygen atoms in total. The second-order valence-electron chi connectivity index (χ2n) is 3.77. The van der Waals surface area contributed by atoms with E-state index in [2.05, 4.69) is 19.2 Å². The lowest BCUT2D eigenvalue weighted by Crippen LogP contribution is -2.49. The number of nitrogens with one attached hydrogen (secondary N) is 1. The maximum absolute atomic E-state index is 8.83. The predicted molar refractivity (Wildman–Crippen MR) is 46.4 cm³/mol. The van der Waals surface area contributed by atoms with Crippen LogP contribution in [0.5, 0.6) is 0 Å². The Morgan fingerprint density at radius 3 is 2.45 bits per heavy atom. The molecule has 2 heteroatoms. The van der Waals surface area contributed by atoms with Gasteiger partial charge in [-0.05, 0) is 31.2 Å². The van der Waals surface area contributed by atoms with Gasteiger partial charge in [0.05, 0.1) is 0 Å². The second-order valence-corrected chi connectivity index (χ2v) is 3.77. The molecule has 0 spiro atoms. The van der Waals surface area contributed by atoms with E-state index in [0.717, 1.165) is 6.42 Å². The molecule has 0 aromatic rings. The fourth-order valence-electron chi connectivity index (χ4n) is 1.82. The zero-order valence-corrected chi connectivity index (χ0v) is 7.51. The van der Waals surface area contributed by atoms with E-state index in [-0.39, 0.29) is 0 Å². The van der Waals surface area contributed by atoms with Gasteiger partial charge >= 0.3 is 0 Å². The first-order valence-electron chi connectivity index (χ1n) is 4.60. The van der Waals surface area contributed by atoms with Crippen molar-refractivity contribution in [3.05, 3.63) is 0 Å². The van der Waals surface area contributed by atoms with Gasteiger partial charge in [0, 0.05) is 12.6 Å². The molecule has 1 saturated heterocycles. The Morgan fingerprint density at radius 2 is 2.18 bits per heavy atom. The Hall–Kier alpha value is -0.0800. The number of hydrogen-bond donors (Lipinski definition) is 2. The van der Waals surface area contributed by atoms with E-state index >= 15 is 0 Å². The first kappa shape index (κ1) is 9.01. The van der Waals surface area contributed by atoms with Gasteiger partial charge in [-0.3, -0.25) is 0 Å². The third kappa shape index (κ3) is 2.17. The summed E-state index contributed by atoms with van der Waals surface area (Å²) >= 11 is 0. The first-order valence-corrected chi connectivity index (χ1v) is 4.60. The smallest absolute Gasteiger partial charge is 0.0434 e. The molecule has 2 N–H and O–H groups in total. The summed E-state index contributed by atoms with van der Waals surface area (Å²) in [5.74, 6) is 1.37. The molecule has 11 heavy (non-hydrogen) atoms. The molecule has 0 radical (unpaired) electrons. The summed E-state index contributed by atoms with van der Waals surface area (Å²) in [5, 5.41) is 12.2. The molecule has 2 atom stereocenters. The van der Waals surface area contributed by atoms with Gasteiger partial charge in [-0.25, -0.2) is 0 Å². The predicted octanol–water partition coefficient (Wildman–Crippen LogP) is 1.00. The van der Waals surface area contributed by atoms with E-state index in [0.29, 0.717) is 24.5 Å². The van der Waals surface area contributed by atoms with Crippen molar-refractivity contribution >= 4 is 0 Å². The fourth-order valence-corrected chi connectivity index (χ4v) is 1.82. The van der Waals surface area contributed by atoms with Gasteiger partial charge < -0.3 is 10.4 Å². The van der Waals surface area contributed by atoms with Gasteiger partial charge in [0.25, 0.3) is 0 Å². The summed E-state index contributed by atoms with van der Waals surface area (Å²) in [6, 6.07) is 0.683. The van der Waals surface area contributed by atoms with Gasteiger partial charge in [-0.2, -0.15) is 0 Å². The Kier molecular flexibility index (Phi) is 3.34. The summed E-state index contributed by atoms with van der Waals surface area (Å²) < 4.78 is 0. The number of rotatable bonds is 4. The lowest BCUT2D eigenvalue weighted by Gasteiger charge is -2.37.